The quantitative estimate of drug-likeness (QED) is 0.168. The van der Waals surface area contributed by atoms with Gasteiger partial charge < -0.3 is 4.90 Å². The van der Waals surface area contributed by atoms with Crippen molar-refractivity contribution in [1.82, 2.24) is 0 Å². The van der Waals surface area contributed by atoms with Crippen molar-refractivity contribution >= 4 is 70.9 Å². The molecule has 0 aliphatic carbocycles. The first-order valence-electron chi connectivity index (χ1n) is 17.6. The van der Waals surface area contributed by atoms with Crippen LogP contribution < -0.4 is 4.90 Å². The maximum atomic E-state index is 2.41. The zero-order valence-corrected chi connectivity index (χ0v) is 28.0. The van der Waals surface area contributed by atoms with Crippen molar-refractivity contribution in [2.24, 2.45) is 0 Å². The Morgan fingerprint density at radius 3 is 1.63 bits per heavy atom. The van der Waals surface area contributed by atoms with E-state index < -0.39 is 0 Å². The van der Waals surface area contributed by atoms with Gasteiger partial charge in [-0.15, -0.1) is 0 Å². The summed E-state index contributed by atoms with van der Waals surface area (Å²) in [7, 11) is 0. The molecule has 0 heterocycles. The predicted octanol–water partition coefficient (Wildman–Crippen LogP) is 14.3. The highest BCUT2D eigenvalue weighted by Crippen LogP contribution is 2.43. The fourth-order valence-electron chi connectivity index (χ4n) is 7.91. The molecule has 0 unspecified atom stereocenters. The van der Waals surface area contributed by atoms with E-state index in [-0.39, 0.29) is 0 Å². The molecule has 0 radical (unpaired) electrons. The van der Waals surface area contributed by atoms with Crippen molar-refractivity contribution in [3.05, 3.63) is 200 Å². The molecular formula is C50H33N. The van der Waals surface area contributed by atoms with Crippen LogP contribution in [0.5, 0.6) is 0 Å². The minimum absolute atomic E-state index is 1.11. The van der Waals surface area contributed by atoms with Crippen LogP contribution in [0.1, 0.15) is 0 Å². The third-order valence-corrected chi connectivity index (χ3v) is 10.4. The fraction of sp³-hybridized carbons (Fsp3) is 0. The Morgan fingerprint density at radius 1 is 0.275 bits per heavy atom. The molecule has 0 bridgehead atoms. The van der Waals surface area contributed by atoms with Gasteiger partial charge in [0.25, 0.3) is 0 Å². The monoisotopic (exact) mass is 647 g/mol. The van der Waals surface area contributed by atoms with Crippen LogP contribution in [0.4, 0.5) is 17.1 Å². The van der Waals surface area contributed by atoms with Crippen LogP contribution in [0, 0.1) is 0 Å². The smallest absolute Gasteiger partial charge is 0.0540 e. The molecule has 0 atom stereocenters. The molecule has 0 aliphatic heterocycles. The second kappa shape index (κ2) is 12.0. The summed E-state index contributed by atoms with van der Waals surface area (Å²) >= 11 is 0. The molecule has 10 aromatic carbocycles. The van der Waals surface area contributed by atoms with Crippen molar-refractivity contribution in [2.75, 3.05) is 4.90 Å². The summed E-state index contributed by atoms with van der Waals surface area (Å²) in [6, 6.07) is 73.1. The Hall–Kier alpha value is -6.70. The summed E-state index contributed by atoms with van der Waals surface area (Å²) in [5.74, 6) is 0. The number of hydrogen-bond acceptors (Lipinski definition) is 1. The zero-order valence-electron chi connectivity index (χ0n) is 28.0. The second-order valence-electron chi connectivity index (χ2n) is 13.3. The molecule has 0 saturated heterocycles. The Bertz CT molecular complexity index is 2900. The summed E-state index contributed by atoms with van der Waals surface area (Å²) in [5.41, 5.74) is 8.16. The Morgan fingerprint density at radius 2 is 0.824 bits per heavy atom. The number of benzene rings is 10. The molecule has 0 aliphatic rings. The average Bonchev–Trinajstić information content (AvgIpc) is 3.21. The molecule has 51 heavy (non-hydrogen) atoms. The molecule has 1 heteroatoms. The van der Waals surface area contributed by atoms with E-state index in [2.05, 4.69) is 205 Å². The minimum atomic E-state index is 1.11. The van der Waals surface area contributed by atoms with Crippen molar-refractivity contribution in [3.8, 4) is 22.3 Å². The largest absolute Gasteiger partial charge is 0.310 e. The summed E-state index contributed by atoms with van der Waals surface area (Å²) in [6.07, 6.45) is 0. The minimum Gasteiger partial charge on any atom is -0.310 e. The van der Waals surface area contributed by atoms with Gasteiger partial charge >= 0.3 is 0 Å². The molecule has 238 valence electrons. The van der Waals surface area contributed by atoms with Crippen LogP contribution in [0.2, 0.25) is 0 Å². The van der Waals surface area contributed by atoms with E-state index in [9.17, 15) is 0 Å². The van der Waals surface area contributed by atoms with Crippen LogP contribution in [-0.2, 0) is 0 Å². The number of fused-ring (bicyclic) bond motifs is 8. The Labute approximate surface area is 297 Å². The number of hydrogen-bond donors (Lipinski definition) is 0. The Kier molecular flexibility index (Phi) is 6.89. The fourth-order valence-corrected chi connectivity index (χ4v) is 7.91. The summed E-state index contributed by atoms with van der Waals surface area (Å²) in [5, 5.41) is 12.7. The van der Waals surface area contributed by atoms with E-state index in [1.54, 1.807) is 0 Å². The molecule has 1 nitrogen and oxygen atoms in total. The van der Waals surface area contributed by atoms with Gasteiger partial charge in [0.1, 0.15) is 0 Å². The Balaban J connectivity index is 1.11. The van der Waals surface area contributed by atoms with Crippen LogP contribution >= 0.6 is 0 Å². The molecule has 10 aromatic rings. The van der Waals surface area contributed by atoms with E-state index in [0.717, 1.165) is 17.1 Å². The molecule has 0 aromatic heterocycles. The molecular weight excluding hydrogens is 615 g/mol. The molecule has 10 rings (SSSR count). The molecule has 0 spiro atoms. The highest BCUT2D eigenvalue weighted by molar-refractivity contribution is 6.20. The van der Waals surface area contributed by atoms with Crippen LogP contribution in [0.15, 0.2) is 200 Å². The lowest BCUT2D eigenvalue weighted by Gasteiger charge is -2.28. The summed E-state index contributed by atoms with van der Waals surface area (Å²) < 4.78 is 0. The highest BCUT2D eigenvalue weighted by atomic mass is 15.1. The van der Waals surface area contributed by atoms with Crippen molar-refractivity contribution in [3.63, 3.8) is 0 Å². The van der Waals surface area contributed by atoms with Crippen molar-refractivity contribution in [1.29, 1.82) is 0 Å². The molecule has 0 fully saturated rings. The topological polar surface area (TPSA) is 3.24 Å². The SMILES string of the molecule is c1ccc(-c2ccccc2N(c2ccc(-c3ccc4c(ccc5ccc6ccccc6c54)c3)cc2)c2ccc3ccc4ccccc4c3c2)cc1. The zero-order chi connectivity index (χ0) is 33.7. The van der Waals surface area contributed by atoms with E-state index >= 15 is 0 Å². The van der Waals surface area contributed by atoms with Crippen molar-refractivity contribution in [2.45, 2.75) is 0 Å². The van der Waals surface area contributed by atoms with Gasteiger partial charge in [-0.05, 0) is 107 Å². The highest BCUT2D eigenvalue weighted by Gasteiger charge is 2.18. The number of nitrogens with zero attached hydrogens (tertiary/aromatic N) is 1. The third-order valence-electron chi connectivity index (χ3n) is 10.4. The molecule has 0 N–H and O–H groups in total. The maximum Gasteiger partial charge on any atom is 0.0540 e. The first kappa shape index (κ1) is 29.2. The van der Waals surface area contributed by atoms with Gasteiger partial charge in [0.05, 0.1) is 5.69 Å². The lowest BCUT2D eigenvalue weighted by molar-refractivity contribution is 1.29. The lowest BCUT2D eigenvalue weighted by atomic mass is 9.94. The predicted molar refractivity (Wildman–Crippen MR) is 220 cm³/mol. The first-order chi connectivity index (χ1) is 25.3. The average molecular weight is 648 g/mol. The van der Waals surface area contributed by atoms with Crippen LogP contribution in [0.3, 0.4) is 0 Å². The van der Waals surface area contributed by atoms with E-state index in [1.165, 1.54) is 76.1 Å². The maximum absolute atomic E-state index is 2.41. The second-order valence-corrected chi connectivity index (χ2v) is 13.3. The van der Waals surface area contributed by atoms with Crippen molar-refractivity contribution < 1.29 is 0 Å². The normalized spacial score (nSPS) is 11.5. The van der Waals surface area contributed by atoms with Crippen LogP contribution in [0.25, 0.3) is 76.1 Å². The molecule has 0 saturated carbocycles. The number of para-hydroxylation sites is 1. The number of anilines is 3. The van der Waals surface area contributed by atoms with Gasteiger partial charge in [0.15, 0.2) is 0 Å². The van der Waals surface area contributed by atoms with Gasteiger partial charge in [-0.2, -0.15) is 0 Å². The van der Waals surface area contributed by atoms with Gasteiger partial charge in [-0.25, -0.2) is 0 Å². The lowest BCUT2D eigenvalue weighted by Crippen LogP contribution is -2.11. The van der Waals surface area contributed by atoms with Gasteiger partial charge in [0, 0.05) is 16.9 Å². The van der Waals surface area contributed by atoms with E-state index in [1.807, 2.05) is 0 Å². The van der Waals surface area contributed by atoms with E-state index in [0.29, 0.717) is 0 Å². The van der Waals surface area contributed by atoms with Gasteiger partial charge in [-0.1, -0.05) is 164 Å². The molecule has 0 amide bonds. The van der Waals surface area contributed by atoms with Gasteiger partial charge in [-0.3, -0.25) is 0 Å². The standard InChI is InChI=1S/C50H33N/c1-2-10-35(11-3-1)45-15-8-9-17-49(45)51(43-30-26-38-19-18-36-12-4-6-14-44(36)48(38)33-43)42-28-24-34(25-29-42)40-27-31-47-41(32-40)23-22-39-21-20-37-13-5-7-16-46(37)50(39)47/h1-33H. The summed E-state index contributed by atoms with van der Waals surface area (Å²) in [4.78, 5) is 2.41. The van der Waals surface area contributed by atoms with Gasteiger partial charge in [0.2, 0.25) is 0 Å². The third kappa shape index (κ3) is 5.02. The number of rotatable bonds is 5. The first-order valence-corrected chi connectivity index (χ1v) is 17.6. The van der Waals surface area contributed by atoms with E-state index in [4.69, 9.17) is 0 Å². The summed E-state index contributed by atoms with van der Waals surface area (Å²) in [6.45, 7) is 0. The van der Waals surface area contributed by atoms with Crippen LogP contribution in [-0.4, -0.2) is 0 Å².